The molecule has 29 heavy (non-hydrogen) atoms. The summed E-state index contributed by atoms with van der Waals surface area (Å²) in [5.41, 5.74) is 0.916. The van der Waals surface area contributed by atoms with Crippen molar-refractivity contribution < 1.29 is 37.4 Å². The first-order valence-corrected chi connectivity index (χ1v) is 8.58. The molecular formula is C20H17F2NO6. The van der Waals surface area contributed by atoms with E-state index in [2.05, 4.69) is 4.74 Å². The van der Waals surface area contributed by atoms with Gasteiger partial charge in [-0.15, -0.1) is 0 Å². The van der Waals surface area contributed by atoms with Crippen LogP contribution in [0.2, 0.25) is 0 Å². The van der Waals surface area contributed by atoms with Crippen molar-refractivity contribution in [3.8, 4) is 11.5 Å². The van der Waals surface area contributed by atoms with Crippen molar-refractivity contribution in [1.29, 1.82) is 0 Å². The van der Waals surface area contributed by atoms with Crippen LogP contribution in [0.15, 0.2) is 42.5 Å². The first-order valence-electron chi connectivity index (χ1n) is 8.58. The molecule has 0 fully saturated rings. The van der Waals surface area contributed by atoms with Crippen LogP contribution in [-0.4, -0.2) is 42.4 Å². The summed E-state index contributed by atoms with van der Waals surface area (Å²) in [6, 6.07) is 9.24. The van der Waals surface area contributed by atoms with Crippen LogP contribution in [0.5, 0.6) is 11.5 Å². The normalized spacial score (nSPS) is 14.0. The number of methoxy groups -OCH3 is 1. The van der Waals surface area contributed by atoms with Crippen LogP contribution in [0.25, 0.3) is 0 Å². The topological polar surface area (TPSA) is 82.1 Å². The quantitative estimate of drug-likeness (QED) is 0.520. The highest BCUT2D eigenvalue weighted by molar-refractivity contribution is 6.22. The smallest absolute Gasteiger partial charge is 0.387 e. The van der Waals surface area contributed by atoms with E-state index in [9.17, 15) is 23.2 Å². The Morgan fingerprint density at radius 1 is 1.03 bits per heavy atom. The summed E-state index contributed by atoms with van der Waals surface area (Å²) < 4.78 is 39.3. The van der Waals surface area contributed by atoms with Crippen molar-refractivity contribution in [3.05, 3.63) is 59.2 Å². The predicted molar refractivity (Wildman–Crippen MR) is 95.8 cm³/mol. The molecule has 0 unspecified atom stereocenters. The van der Waals surface area contributed by atoms with Crippen molar-refractivity contribution in [1.82, 2.24) is 4.90 Å². The Labute approximate surface area is 164 Å². The molecule has 0 aromatic heterocycles. The average molecular weight is 405 g/mol. The molecular weight excluding hydrogens is 388 g/mol. The summed E-state index contributed by atoms with van der Waals surface area (Å²) >= 11 is 0. The second-order valence-electron chi connectivity index (χ2n) is 6.17. The van der Waals surface area contributed by atoms with Crippen LogP contribution in [-0.2, 0) is 16.1 Å². The van der Waals surface area contributed by atoms with E-state index in [0.717, 1.165) is 4.90 Å². The molecule has 1 heterocycles. The number of ether oxygens (including phenoxy) is 3. The summed E-state index contributed by atoms with van der Waals surface area (Å²) in [6.07, 6.45) is 0. The first-order chi connectivity index (χ1) is 13.8. The van der Waals surface area contributed by atoms with Crippen LogP contribution in [0.4, 0.5) is 8.78 Å². The summed E-state index contributed by atoms with van der Waals surface area (Å²) in [7, 11) is 1.29. The summed E-state index contributed by atoms with van der Waals surface area (Å²) in [5.74, 6) is -2.02. The number of esters is 1. The van der Waals surface area contributed by atoms with Gasteiger partial charge in [-0.1, -0.05) is 18.2 Å². The molecule has 7 nitrogen and oxygen atoms in total. The molecule has 9 heteroatoms. The molecule has 0 bridgehead atoms. The van der Waals surface area contributed by atoms with Crippen molar-refractivity contribution in [2.45, 2.75) is 26.2 Å². The Morgan fingerprint density at radius 2 is 1.66 bits per heavy atom. The van der Waals surface area contributed by atoms with E-state index < -0.39 is 30.4 Å². The third-order valence-corrected chi connectivity index (χ3v) is 4.38. The molecule has 152 valence electrons. The maximum atomic E-state index is 12.4. The number of halogens is 2. The first kappa shape index (κ1) is 20.2. The van der Waals surface area contributed by atoms with Crippen molar-refractivity contribution in [3.63, 3.8) is 0 Å². The third-order valence-electron chi connectivity index (χ3n) is 4.38. The number of carbonyl (C=O) groups excluding carboxylic acids is 3. The molecule has 0 radical (unpaired) electrons. The fraction of sp³-hybridized carbons (Fsp3) is 0.250. The number of amides is 2. The van der Waals surface area contributed by atoms with Gasteiger partial charge < -0.3 is 14.2 Å². The second kappa shape index (κ2) is 8.26. The largest absolute Gasteiger partial charge is 0.493 e. The minimum atomic E-state index is -3.01. The number of hydrogen-bond acceptors (Lipinski definition) is 6. The monoisotopic (exact) mass is 405 g/mol. The predicted octanol–water partition coefficient (Wildman–Crippen LogP) is 3.02. The van der Waals surface area contributed by atoms with Gasteiger partial charge in [-0.3, -0.25) is 14.5 Å². The lowest BCUT2D eigenvalue weighted by molar-refractivity contribution is -0.149. The Hall–Kier alpha value is -3.49. The minimum Gasteiger partial charge on any atom is -0.493 e. The number of benzene rings is 2. The Morgan fingerprint density at radius 3 is 2.21 bits per heavy atom. The van der Waals surface area contributed by atoms with E-state index in [-0.39, 0.29) is 29.2 Å². The molecule has 2 aromatic carbocycles. The number of nitrogens with zero attached hydrogens (tertiary/aromatic N) is 1. The number of hydrogen-bond donors (Lipinski definition) is 0. The zero-order chi connectivity index (χ0) is 21.1. The molecule has 0 N–H and O–H groups in total. The lowest BCUT2D eigenvalue weighted by atomic mass is 10.1. The van der Waals surface area contributed by atoms with Crippen molar-refractivity contribution >= 4 is 17.8 Å². The number of fused-ring (bicyclic) bond motifs is 1. The number of alkyl halides is 2. The highest BCUT2D eigenvalue weighted by Gasteiger charge is 2.41. The summed E-state index contributed by atoms with van der Waals surface area (Å²) in [4.78, 5) is 38.1. The lowest BCUT2D eigenvalue weighted by Gasteiger charge is -2.21. The molecule has 0 saturated carbocycles. The van der Waals surface area contributed by atoms with Gasteiger partial charge in [0.25, 0.3) is 11.8 Å². The van der Waals surface area contributed by atoms with Gasteiger partial charge in [-0.25, -0.2) is 4.79 Å². The van der Waals surface area contributed by atoms with Gasteiger partial charge in [-0.05, 0) is 36.8 Å². The molecule has 0 spiro atoms. The fourth-order valence-corrected chi connectivity index (χ4v) is 2.94. The molecule has 1 atom stereocenters. The Bertz CT molecular complexity index is 927. The van der Waals surface area contributed by atoms with Gasteiger partial charge in [-0.2, -0.15) is 8.78 Å². The highest BCUT2D eigenvalue weighted by atomic mass is 19.3. The maximum Gasteiger partial charge on any atom is 0.387 e. The Kier molecular flexibility index (Phi) is 5.76. The number of carbonyl (C=O) groups is 3. The molecule has 3 rings (SSSR count). The zero-order valence-corrected chi connectivity index (χ0v) is 15.6. The molecule has 2 aromatic rings. The highest BCUT2D eigenvalue weighted by Crippen LogP contribution is 2.30. The van der Waals surface area contributed by atoms with Gasteiger partial charge in [0.15, 0.2) is 11.5 Å². The van der Waals surface area contributed by atoms with Gasteiger partial charge >= 0.3 is 12.6 Å². The molecule has 0 aliphatic carbocycles. The average Bonchev–Trinajstić information content (AvgIpc) is 2.96. The minimum absolute atomic E-state index is 0.0484. The van der Waals surface area contributed by atoms with Crippen LogP contribution in [0.3, 0.4) is 0 Å². The summed E-state index contributed by atoms with van der Waals surface area (Å²) in [6.45, 7) is -1.82. The molecule has 0 saturated heterocycles. The van der Waals surface area contributed by atoms with E-state index in [4.69, 9.17) is 9.47 Å². The SMILES string of the molecule is COc1cc(COC(=O)[C@@H](C)N2C(=O)c3ccccc3C2=O)ccc1OC(F)F. The van der Waals surface area contributed by atoms with E-state index in [1.165, 1.54) is 44.4 Å². The van der Waals surface area contributed by atoms with Gasteiger partial charge in [0, 0.05) is 0 Å². The van der Waals surface area contributed by atoms with Crippen LogP contribution in [0.1, 0.15) is 33.2 Å². The van der Waals surface area contributed by atoms with Gasteiger partial charge in [0.2, 0.25) is 0 Å². The van der Waals surface area contributed by atoms with Crippen molar-refractivity contribution in [2.75, 3.05) is 7.11 Å². The third kappa shape index (κ3) is 4.03. The zero-order valence-electron chi connectivity index (χ0n) is 15.6. The number of imide groups is 1. The van der Waals surface area contributed by atoms with E-state index in [0.29, 0.717) is 5.56 Å². The molecule has 1 aliphatic rings. The van der Waals surface area contributed by atoms with Crippen LogP contribution < -0.4 is 9.47 Å². The van der Waals surface area contributed by atoms with Crippen LogP contribution in [0, 0.1) is 0 Å². The number of rotatable bonds is 7. The van der Waals surface area contributed by atoms with Gasteiger partial charge in [0.05, 0.1) is 18.2 Å². The lowest BCUT2D eigenvalue weighted by Crippen LogP contribution is -2.43. The Balaban J connectivity index is 1.67. The second-order valence-corrected chi connectivity index (χ2v) is 6.17. The standard InChI is InChI=1S/C20H17F2NO6/c1-11(23-17(24)13-5-3-4-6-14(13)18(23)25)19(26)28-10-12-7-8-15(29-20(21)22)16(9-12)27-2/h3-9,11,20H,10H2,1-2H3/t11-/m1/s1. The van der Waals surface area contributed by atoms with E-state index in [1.54, 1.807) is 12.1 Å². The molecule has 1 aliphatic heterocycles. The van der Waals surface area contributed by atoms with Crippen molar-refractivity contribution in [2.24, 2.45) is 0 Å². The van der Waals surface area contributed by atoms with Gasteiger partial charge in [0.1, 0.15) is 12.6 Å². The van der Waals surface area contributed by atoms with E-state index in [1.807, 2.05) is 0 Å². The maximum absolute atomic E-state index is 12.4. The fourth-order valence-electron chi connectivity index (χ4n) is 2.94. The van der Waals surface area contributed by atoms with Crippen LogP contribution >= 0.6 is 0 Å². The summed E-state index contributed by atoms with van der Waals surface area (Å²) in [5, 5.41) is 0. The molecule has 2 amide bonds. The van der Waals surface area contributed by atoms with E-state index >= 15 is 0 Å².